The van der Waals surface area contributed by atoms with Gasteiger partial charge in [-0.3, -0.25) is 0 Å². The van der Waals surface area contributed by atoms with E-state index in [2.05, 4.69) is 28.7 Å². The van der Waals surface area contributed by atoms with Crippen LogP contribution < -0.4 is 0 Å². The van der Waals surface area contributed by atoms with Crippen molar-refractivity contribution in [1.82, 2.24) is 0 Å². The SMILES string of the molecule is CCCCCCCC[P+](CCCCCCCC)(CCCCCCCC)[Se]P. The zero-order valence-electron chi connectivity index (χ0n) is 19.3. The van der Waals surface area contributed by atoms with E-state index in [-0.39, 0.29) is 0 Å². The van der Waals surface area contributed by atoms with Crippen LogP contribution in [0.3, 0.4) is 0 Å². The van der Waals surface area contributed by atoms with Gasteiger partial charge in [0.25, 0.3) is 0 Å². The number of hydrogen-bond donors (Lipinski definition) is 0. The molecule has 0 spiro atoms. The standard InChI is InChI=1S/C24H53P2Se/c1-4-7-10-13-16-19-22-26(27-25,23-20-17-14-11-8-5-2)24-21-18-15-12-9-6-3/h4-25H2,1-3H3/q+1. The summed E-state index contributed by atoms with van der Waals surface area (Å²) < 4.78 is 0. The third-order valence-electron chi connectivity index (χ3n) is 5.98. The van der Waals surface area contributed by atoms with E-state index in [1.165, 1.54) is 96.3 Å². The molecule has 0 aromatic carbocycles. The third-order valence-corrected chi connectivity index (χ3v) is 23.1. The molecule has 1 atom stereocenters. The maximum atomic E-state index is 3.25. The average Bonchev–Trinajstić information content (AvgIpc) is 2.69. The Morgan fingerprint density at radius 3 is 0.963 bits per heavy atom. The van der Waals surface area contributed by atoms with Gasteiger partial charge in [-0.05, 0) is 0 Å². The van der Waals surface area contributed by atoms with Crippen LogP contribution in [0.5, 0.6) is 0 Å². The van der Waals surface area contributed by atoms with Crippen molar-refractivity contribution in [3.63, 3.8) is 0 Å². The Morgan fingerprint density at radius 1 is 0.444 bits per heavy atom. The van der Waals surface area contributed by atoms with Gasteiger partial charge in [0, 0.05) is 0 Å². The molecule has 0 radical (unpaired) electrons. The second-order valence-electron chi connectivity index (χ2n) is 8.64. The van der Waals surface area contributed by atoms with Crippen LogP contribution in [0.1, 0.15) is 136 Å². The summed E-state index contributed by atoms with van der Waals surface area (Å²) in [5.74, 6) is -0.618. The molecule has 3 heteroatoms. The first-order valence-corrected chi connectivity index (χ1v) is 20.5. The number of rotatable bonds is 22. The summed E-state index contributed by atoms with van der Waals surface area (Å²) in [5.41, 5.74) is 0. The molecule has 0 aliphatic heterocycles. The van der Waals surface area contributed by atoms with Crippen molar-refractivity contribution in [3.8, 4) is 0 Å². The van der Waals surface area contributed by atoms with Gasteiger partial charge in [0.1, 0.15) is 0 Å². The molecule has 0 aliphatic carbocycles. The van der Waals surface area contributed by atoms with E-state index in [0.29, 0.717) is 0 Å². The van der Waals surface area contributed by atoms with E-state index in [4.69, 9.17) is 0 Å². The van der Waals surface area contributed by atoms with Crippen LogP contribution in [0.25, 0.3) is 0 Å². The number of unbranched alkanes of at least 4 members (excludes halogenated alkanes) is 15. The van der Waals surface area contributed by atoms with E-state index in [1.54, 1.807) is 37.7 Å². The quantitative estimate of drug-likeness (QED) is 0.0819. The molecule has 0 aliphatic rings. The van der Waals surface area contributed by atoms with E-state index < -0.39 is 5.95 Å². The fourth-order valence-electron chi connectivity index (χ4n) is 4.03. The maximum absolute atomic E-state index is 3.25. The van der Waals surface area contributed by atoms with Gasteiger partial charge in [-0.1, -0.05) is 0 Å². The molecule has 0 rings (SSSR count). The van der Waals surface area contributed by atoms with Crippen LogP contribution in [0.15, 0.2) is 0 Å². The van der Waals surface area contributed by atoms with Gasteiger partial charge in [0.2, 0.25) is 0 Å². The molecule has 0 bridgehead atoms. The summed E-state index contributed by atoms with van der Waals surface area (Å²) in [6.45, 7) is 6.98. The summed E-state index contributed by atoms with van der Waals surface area (Å²) in [6, 6.07) is 0. The Kier molecular flexibility index (Phi) is 23.2. The first-order chi connectivity index (χ1) is 13.2. The molecule has 0 heterocycles. The van der Waals surface area contributed by atoms with Crippen LogP contribution in [-0.2, 0) is 0 Å². The van der Waals surface area contributed by atoms with Crippen molar-refractivity contribution in [2.45, 2.75) is 136 Å². The van der Waals surface area contributed by atoms with Crippen molar-refractivity contribution >= 4 is 28.0 Å². The molecule has 27 heavy (non-hydrogen) atoms. The van der Waals surface area contributed by atoms with Crippen LogP contribution in [0.4, 0.5) is 0 Å². The average molecular weight is 483 g/mol. The first kappa shape index (κ1) is 28.4. The predicted octanol–water partition coefficient (Wildman–Crippen LogP) is 9.49. The van der Waals surface area contributed by atoms with Crippen molar-refractivity contribution in [2.24, 2.45) is 0 Å². The summed E-state index contributed by atoms with van der Waals surface area (Å²) in [4.78, 5) is 0. The van der Waals surface area contributed by atoms with E-state index >= 15 is 0 Å². The Hall–Kier alpha value is 1.38. The zero-order valence-corrected chi connectivity index (χ0v) is 23.0. The Balaban J connectivity index is 4.23. The van der Waals surface area contributed by atoms with Gasteiger partial charge in [-0.15, -0.1) is 0 Å². The van der Waals surface area contributed by atoms with Crippen molar-refractivity contribution in [1.29, 1.82) is 0 Å². The Bertz CT molecular complexity index is 243. The van der Waals surface area contributed by atoms with Gasteiger partial charge < -0.3 is 0 Å². The van der Waals surface area contributed by atoms with E-state index in [9.17, 15) is 0 Å². The molecule has 0 N–H and O–H groups in total. The van der Waals surface area contributed by atoms with Gasteiger partial charge in [0.15, 0.2) is 0 Å². The molecule has 0 saturated heterocycles. The first-order valence-electron chi connectivity index (χ1n) is 12.5. The minimum atomic E-state index is -0.618. The van der Waals surface area contributed by atoms with Crippen molar-refractivity contribution < 1.29 is 0 Å². The van der Waals surface area contributed by atoms with E-state index in [1.807, 2.05) is 0 Å². The van der Waals surface area contributed by atoms with Gasteiger partial charge in [-0.2, -0.15) is 0 Å². The topological polar surface area (TPSA) is 0 Å². The van der Waals surface area contributed by atoms with E-state index in [0.717, 1.165) is 14.1 Å². The fraction of sp³-hybridized carbons (Fsp3) is 1.00. The molecule has 164 valence electrons. The molecular weight excluding hydrogens is 429 g/mol. The molecule has 0 amide bonds. The predicted molar refractivity (Wildman–Crippen MR) is 137 cm³/mol. The summed E-state index contributed by atoms with van der Waals surface area (Å²) in [5, 5.41) is 0. The second-order valence-corrected chi connectivity index (χ2v) is 21.8. The fourth-order valence-corrected chi connectivity index (χ4v) is 16.8. The normalized spacial score (nSPS) is 12.0. The molecule has 0 aromatic rings. The molecular formula is C24H53P2Se+. The molecule has 1 unspecified atom stereocenters. The minimum absolute atomic E-state index is 0.618. The van der Waals surface area contributed by atoms with Gasteiger partial charge >= 0.3 is 183 Å². The number of hydrogen-bond acceptors (Lipinski definition) is 0. The van der Waals surface area contributed by atoms with Crippen LogP contribution >= 0.6 is 13.9 Å². The summed E-state index contributed by atoms with van der Waals surface area (Å²) >= 11 is 0.850. The summed E-state index contributed by atoms with van der Waals surface area (Å²) in [7, 11) is 3.25. The Labute approximate surface area is 182 Å². The monoisotopic (exact) mass is 483 g/mol. The molecule has 0 nitrogen and oxygen atoms in total. The summed E-state index contributed by atoms with van der Waals surface area (Å²) in [6.07, 6.45) is 31.4. The van der Waals surface area contributed by atoms with Crippen molar-refractivity contribution in [2.75, 3.05) is 18.5 Å². The molecule has 0 fully saturated rings. The molecule has 0 aromatic heterocycles. The zero-order chi connectivity index (χ0) is 20.1. The van der Waals surface area contributed by atoms with Crippen molar-refractivity contribution in [3.05, 3.63) is 0 Å². The Morgan fingerprint density at radius 2 is 0.704 bits per heavy atom. The second kappa shape index (κ2) is 22.1. The third kappa shape index (κ3) is 17.9. The molecule has 0 saturated carbocycles. The van der Waals surface area contributed by atoms with Gasteiger partial charge in [-0.25, -0.2) is 0 Å². The van der Waals surface area contributed by atoms with Crippen LogP contribution in [-0.4, -0.2) is 32.6 Å². The van der Waals surface area contributed by atoms with Crippen LogP contribution in [0.2, 0.25) is 0 Å². The van der Waals surface area contributed by atoms with Crippen LogP contribution in [0, 0.1) is 0 Å². The van der Waals surface area contributed by atoms with Gasteiger partial charge in [0.05, 0.1) is 0 Å².